The van der Waals surface area contributed by atoms with Crippen LogP contribution in [0.25, 0.3) is 0 Å². The van der Waals surface area contributed by atoms with Crippen molar-refractivity contribution in [2.75, 3.05) is 5.73 Å². The molecule has 0 bridgehead atoms. The Morgan fingerprint density at radius 1 is 1.25 bits per heavy atom. The van der Waals surface area contributed by atoms with Gasteiger partial charge in [-0.25, -0.2) is 4.98 Å². The first-order chi connectivity index (χ1) is 13.4. The third-order valence-corrected chi connectivity index (χ3v) is 5.26. The molecule has 1 saturated carbocycles. The fourth-order valence-electron chi connectivity index (χ4n) is 3.78. The SMILES string of the molecule is CC[C@@H](NC(=O)C1C(=O)[C@H](Cc2ccnc(N)c2)[C@H]1C(=O)O)c1ccccc1. The van der Waals surface area contributed by atoms with E-state index < -0.39 is 29.6 Å². The maximum atomic E-state index is 12.7. The van der Waals surface area contributed by atoms with Crippen LogP contribution in [0, 0.1) is 17.8 Å². The number of aliphatic carboxylic acids is 1. The molecule has 1 aromatic carbocycles. The minimum absolute atomic E-state index is 0.224. The van der Waals surface area contributed by atoms with Crippen LogP contribution in [0.5, 0.6) is 0 Å². The average molecular weight is 381 g/mol. The van der Waals surface area contributed by atoms with Crippen LogP contribution in [-0.4, -0.2) is 27.8 Å². The van der Waals surface area contributed by atoms with Gasteiger partial charge >= 0.3 is 5.97 Å². The van der Waals surface area contributed by atoms with Crippen LogP contribution in [-0.2, 0) is 20.8 Å². The summed E-state index contributed by atoms with van der Waals surface area (Å²) in [6, 6.07) is 12.4. The molecular formula is C21H23N3O4. The Morgan fingerprint density at radius 3 is 2.57 bits per heavy atom. The highest BCUT2D eigenvalue weighted by atomic mass is 16.4. The third kappa shape index (κ3) is 3.88. The predicted molar refractivity (Wildman–Crippen MR) is 103 cm³/mol. The minimum atomic E-state index is -1.17. The lowest BCUT2D eigenvalue weighted by Crippen LogP contribution is -2.58. The summed E-state index contributed by atoms with van der Waals surface area (Å²) < 4.78 is 0. The van der Waals surface area contributed by atoms with Gasteiger partial charge in [0.25, 0.3) is 0 Å². The molecule has 146 valence electrons. The zero-order valence-corrected chi connectivity index (χ0v) is 15.5. The molecule has 1 unspecified atom stereocenters. The molecule has 0 aliphatic heterocycles. The van der Waals surface area contributed by atoms with Crippen molar-refractivity contribution in [2.45, 2.75) is 25.8 Å². The number of pyridine rings is 1. The molecule has 1 fully saturated rings. The summed E-state index contributed by atoms with van der Waals surface area (Å²) in [4.78, 5) is 41.0. The number of nitrogen functional groups attached to an aromatic ring is 1. The molecule has 7 heteroatoms. The lowest BCUT2D eigenvalue weighted by Gasteiger charge is -2.40. The molecule has 2 aromatic rings. The molecule has 1 aliphatic carbocycles. The highest BCUT2D eigenvalue weighted by Crippen LogP contribution is 2.40. The van der Waals surface area contributed by atoms with Gasteiger partial charge in [-0.05, 0) is 36.1 Å². The van der Waals surface area contributed by atoms with Crippen LogP contribution in [0.15, 0.2) is 48.7 Å². The number of anilines is 1. The number of nitrogens with one attached hydrogen (secondary N) is 1. The number of carbonyl (C=O) groups is 3. The molecule has 1 heterocycles. The highest BCUT2D eigenvalue weighted by Gasteiger charge is 2.57. The van der Waals surface area contributed by atoms with Gasteiger partial charge in [0.15, 0.2) is 5.78 Å². The topological polar surface area (TPSA) is 122 Å². The second kappa shape index (κ2) is 8.21. The summed E-state index contributed by atoms with van der Waals surface area (Å²) in [6.45, 7) is 1.92. The number of carboxylic acids is 1. The first-order valence-corrected chi connectivity index (χ1v) is 9.24. The smallest absolute Gasteiger partial charge is 0.308 e. The van der Waals surface area contributed by atoms with Crippen molar-refractivity contribution < 1.29 is 19.5 Å². The fraction of sp³-hybridized carbons (Fsp3) is 0.333. The maximum absolute atomic E-state index is 12.7. The van der Waals surface area contributed by atoms with Crippen LogP contribution in [0.1, 0.15) is 30.5 Å². The van der Waals surface area contributed by atoms with E-state index in [2.05, 4.69) is 10.3 Å². The molecule has 0 radical (unpaired) electrons. The van der Waals surface area contributed by atoms with Gasteiger partial charge in [0.05, 0.1) is 12.0 Å². The van der Waals surface area contributed by atoms with Gasteiger partial charge in [-0.3, -0.25) is 14.4 Å². The number of carbonyl (C=O) groups excluding carboxylic acids is 2. The third-order valence-electron chi connectivity index (χ3n) is 5.26. The van der Waals surface area contributed by atoms with Crippen molar-refractivity contribution in [1.29, 1.82) is 0 Å². The van der Waals surface area contributed by atoms with Crippen LogP contribution < -0.4 is 11.1 Å². The van der Waals surface area contributed by atoms with Crippen LogP contribution in [0.3, 0.4) is 0 Å². The lowest BCUT2D eigenvalue weighted by atomic mass is 9.61. The fourth-order valence-corrected chi connectivity index (χ4v) is 3.78. The average Bonchev–Trinajstić information content (AvgIpc) is 2.68. The first kappa shape index (κ1) is 19.5. The van der Waals surface area contributed by atoms with Crippen molar-refractivity contribution in [2.24, 2.45) is 17.8 Å². The number of hydrogen-bond acceptors (Lipinski definition) is 5. The van der Waals surface area contributed by atoms with Gasteiger partial charge in [-0.1, -0.05) is 37.3 Å². The van der Waals surface area contributed by atoms with Gasteiger partial charge < -0.3 is 16.2 Å². The zero-order valence-electron chi connectivity index (χ0n) is 15.5. The monoisotopic (exact) mass is 381 g/mol. The number of ketones is 1. The summed E-state index contributed by atoms with van der Waals surface area (Å²) in [7, 11) is 0. The number of benzene rings is 1. The van der Waals surface area contributed by atoms with Crippen molar-refractivity contribution in [3.8, 4) is 0 Å². The van der Waals surface area contributed by atoms with E-state index >= 15 is 0 Å². The summed E-state index contributed by atoms with van der Waals surface area (Å²) >= 11 is 0. The molecule has 1 amide bonds. The first-order valence-electron chi connectivity index (χ1n) is 9.24. The van der Waals surface area contributed by atoms with Crippen LogP contribution >= 0.6 is 0 Å². The Balaban J connectivity index is 1.73. The number of carboxylic acid groups (broad SMARTS) is 1. The number of rotatable bonds is 7. The summed E-state index contributed by atoms with van der Waals surface area (Å²) in [5.41, 5.74) is 7.29. The van der Waals surface area contributed by atoms with Gasteiger partial charge in [-0.15, -0.1) is 0 Å². The maximum Gasteiger partial charge on any atom is 0.308 e. The minimum Gasteiger partial charge on any atom is -0.481 e. The highest BCUT2D eigenvalue weighted by molar-refractivity contribution is 6.12. The second-order valence-corrected chi connectivity index (χ2v) is 7.02. The Morgan fingerprint density at radius 2 is 1.96 bits per heavy atom. The number of aromatic nitrogens is 1. The summed E-state index contributed by atoms with van der Waals surface area (Å²) in [6.07, 6.45) is 2.37. The van der Waals surface area contributed by atoms with Crippen molar-refractivity contribution in [3.05, 3.63) is 59.8 Å². The van der Waals surface area contributed by atoms with Crippen molar-refractivity contribution >= 4 is 23.5 Å². The van der Waals surface area contributed by atoms with E-state index in [1.165, 1.54) is 6.20 Å². The van der Waals surface area contributed by atoms with E-state index in [9.17, 15) is 19.5 Å². The van der Waals surface area contributed by atoms with E-state index in [0.29, 0.717) is 12.2 Å². The van der Waals surface area contributed by atoms with E-state index in [1.807, 2.05) is 37.3 Å². The quantitative estimate of drug-likeness (QED) is 0.631. The zero-order chi connectivity index (χ0) is 20.3. The molecule has 0 spiro atoms. The molecule has 0 saturated heterocycles. The molecule has 1 aromatic heterocycles. The standard InChI is InChI=1S/C21H23N3O4/c1-2-15(13-6-4-3-5-7-13)24-20(26)18-17(21(27)28)14(19(18)25)10-12-8-9-23-16(22)11-12/h3-9,11,14-15,17-18H,2,10H2,1H3,(H2,22,23)(H,24,26)(H,27,28)/t14-,15-,17-,18?/m1/s1. The van der Waals surface area contributed by atoms with E-state index in [0.717, 1.165) is 11.1 Å². The molecule has 3 rings (SSSR count). The largest absolute Gasteiger partial charge is 0.481 e. The van der Waals surface area contributed by atoms with E-state index in [1.54, 1.807) is 12.1 Å². The molecule has 4 N–H and O–H groups in total. The molecule has 7 nitrogen and oxygen atoms in total. The summed E-state index contributed by atoms with van der Waals surface area (Å²) in [5.74, 6) is -4.66. The number of Topliss-reactive ketones (excluding diaryl/α,β-unsaturated/α-hetero) is 1. The lowest BCUT2D eigenvalue weighted by molar-refractivity contribution is -0.167. The number of nitrogens with zero attached hydrogens (tertiary/aromatic N) is 1. The number of amides is 1. The molecule has 4 atom stereocenters. The van der Waals surface area contributed by atoms with Gasteiger partial charge in [-0.2, -0.15) is 0 Å². The number of hydrogen-bond donors (Lipinski definition) is 3. The van der Waals surface area contributed by atoms with Crippen LogP contribution in [0.2, 0.25) is 0 Å². The van der Waals surface area contributed by atoms with Crippen LogP contribution in [0.4, 0.5) is 5.82 Å². The normalized spacial score (nSPS) is 22.2. The number of nitrogens with two attached hydrogens (primary N) is 1. The van der Waals surface area contributed by atoms with E-state index in [4.69, 9.17) is 5.73 Å². The van der Waals surface area contributed by atoms with Gasteiger partial charge in [0.2, 0.25) is 5.91 Å². The Hall–Kier alpha value is -3.22. The molecule has 1 aliphatic rings. The van der Waals surface area contributed by atoms with E-state index in [-0.39, 0.29) is 18.2 Å². The Kier molecular flexibility index (Phi) is 5.73. The Labute approximate surface area is 163 Å². The van der Waals surface area contributed by atoms with Gasteiger partial charge in [0, 0.05) is 12.1 Å². The van der Waals surface area contributed by atoms with Crippen molar-refractivity contribution in [1.82, 2.24) is 10.3 Å². The molecular weight excluding hydrogens is 358 g/mol. The molecule has 28 heavy (non-hydrogen) atoms. The summed E-state index contributed by atoms with van der Waals surface area (Å²) in [5, 5.41) is 12.5. The second-order valence-electron chi connectivity index (χ2n) is 7.02. The predicted octanol–water partition coefficient (Wildman–Crippen LogP) is 1.99. The Bertz CT molecular complexity index is 884. The van der Waals surface area contributed by atoms with Crippen molar-refractivity contribution in [3.63, 3.8) is 0 Å². The van der Waals surface area contributed by atoms with Gasteiger partial charge in [0.1, 0.15) is 11.7 Å².